The van der Waals surface area contributed by atoms with Crippen molar-refractivity contribution in [2.24, 2.45) is 0 Å². The summed E-state index contributed by atoms with van der Waals surface area (Å²) in [6.07, 6.45) is 1.42. The van der Waals surface area contributed by atoms with E-state index in [4.69, 9.17) is 4.74 Å². The van der Waals surface area contributed by atoms with Crippen LogP contribution in [0.2, 0.25) is 0 Å². The molecule has 0 bridgehead atoms. The highest BCUT2D eigenvalue weighted by Gasteiger charge is 2.11. The van der Waals surface area contributed by atoms with Gasteiger partial charge in [-0.3, -0.25) is 4.79 Å². The van der Waals surface area contributed by atoms with Crippen LogP contribution in [0.25, 0.3) is 0 Å². The number of halogens is 1. The van der Waals surface area contributed by atoms with Crippen molar-refractivity contribution in [3.05, 3.63) is 53.2 Å². The Labute approximate surface area is 110 Å². The predicted octanol–water partition coefficient (Wildman–Crippen LogP) is 2.36. The number of ketones is 1. The first-order chi connectivity index (χ1) is 9.10. The van der Waals surface area contributed by atoms with Crippen molar-refractivity contribution in [1.29, 1.82) is 0 Å². The van der Waals surface area contributed by atoms with Crippen LogP contribution >= 0.6 is 0 Å². The van der Waals surface area contributed by atoms with Gasteiger partial charge in [0.2, 0.25) is 5.88 Å². The molecule has 0 unspecified atom stereocenters. The molecule has 0 aliphatic carbocycles. The minimum atomic E-state index is -0.383. The lowest BCUT2D eigenvalue weighted by Crippen LogP contribution is -2.06. The molecule has 1 aromatic carbocycles. The van der Waals surface area contributed by atoms with Gasteiger partial charge in [-0.25, -0.2) is 14.4 Å². The van der Waals surface area contributed by atoms with Gasteiger partial charge in [-0.1, -0.05) is 12.1 Å². The fourth-order valence-electron chi connectivity index (χ4n) is 1.62. The van der Waals surface area contributed by atoms with Crippen molar-refractivity contribution in [3.8, 4) is 5.88 Å². The maximum atomic E-state index is 13.4. The molecule has 0 fully saturated rings. The number of Topliss-reactive ketones (excluding diaryl/α,β-unsaturated/α-hetero) is 1. The molecule has 2 rings (SSSR count). The van der Waals surface area contributed by atoms with Crippen LogP contribution in [0, 0.1) is 12.7 Å². The average molecular weight is 260 g/mol. The Kier molecular flexibility index (Phi) is 3.85. The molecule has 0 radical (unpaired) electrons. The number of hydrogen-bond donors (Lipinski definition) is 0. The van der Waals surface area contributed by atoms with Crippen molar-refractivity contribution in [2.75, 3.05) is 7.11 Å². The van der Waals surface area contributed by atoms with Crippen molar-refractivity contribution in [2.45, 2.75) is 13.3 Å². The van der Waals surface area contributed by atoms with Crippen molar-refractivity contribution < 1.29 is 13.9 Å². The molecule has 19 heavy (non-hydrogen) atoms. The van der Waals surface area contributed by atoms with E-state index in [-0.39, 0.29) is 18.0 Å². The molecule has 0 spiro atoms. The molecule has 0 atom stereocenters. The second-order valence-electron chi connectivity index (χ2n) is 4.12. The number of aromatic nitrogens is 2. The maximum Gasteiger partial charge on any atom is 0.216 e. The minimum absolute atomic E-state index is 0.0847. The van der Waals surface area contributed by atoms with E-state index < -0.39 is 0 Å². The molecule has 1 aromatic heterocycles. The summed E-state index contributed by atoms with van der Waals surface area (Å²) in [6, 6.07) is 6.03. The van der Waals surface area contributed by atoms with Gasteiger partial charge in [-0.2, -0.15) is 0 Å². The third-order valence-corrected chi connectivity index (χ3v) is 2.74. The molecule has 98 valence electrons. The van der Waals surface area contributed by atoms with Gasteiger partial charge in [0.05, 0.1) is 19.2 Å². The van der Waals surface area contributed by atoms with Gasteiger partial charge >= 0.3 is 0 Å². The number of carbonyl (C=O) groups is 1. The number of nitrogens with zero attached hydrogens (tertiary/aromatic N) is 2. The first kappa shape index (κ1) is 13.1. The van der Waals surface area contributed by atoms with Gasteiger partial charge in [0, 0.05) is 11.6 Å². The molecule has 0 saturated carbocycles. The van der Waals surface area contributed by atoms with Gasteiger partial charge in [0.25, 0.3) is 0 Å². The van der Waals surface area contributed by atoms with E-state index in [1.807, 2.05) is 0 Å². The van der Waals surface area contributed by atoms with E-state index in [2.05, 4.69) is 9.97 Å². The van der Waals surface area contributed by atoms with Crippen LogP contribution in [0.15, 0.2) is 30.6 Å². The largest absolute Gasteiger partial charge is 0.481 e. The van der Waals surface area contributed by atoms with E-state index in [1.165, 1.54) is 19.5 Å². The first-order valence-corrected chi connectivity index (χ1v) is 5.74. The van der Waals surface area contributed by atoms with E-state index in [1.54, 1.807) is 25.1 Å². The van der Waals surface area contributed by atoms with Crippen LogP contribution < -0.4 is 4.74 Å². The monoisotopic (exact) mass is 260 g/mol. The Hall–Kier alpha value is -2.30. The lowest BCUT2D eigenvalue weighted by atomic mass is 10.0. The van der Waals surface area contributed by atoms with E-state index in [0.29, 0.717) is 22.7 Å². The number of benzene rings is 1. The average Bonchev–Trinajstić information content (AvgIpc) is 2.42. The predicted molar refractivity (Wildman–Crippen MR) is 67.8 cm³/mol. The second-order valence-corrected chi connectivity index (χ2v) is 4.12. The number of carbonyl (C=O) groups excluding carboxylic acids is 1. The van der Waals surface area contributed by atoms with E-state index in [9.17, 15) is 9.18 Å². The summed E-state index contributed by atoms with van der Waals surface area (Å²) in [5.41, 5.74) is 1.39. The Morgan fingerprint density at radius 3 is 2.79 bits per heavy atom. The van der Waals surface area contributed by atoms with E-state index >= 15 is 0 Å². The first-order valence-electron chi connectivity index (χ1n) is 5.74. The molecular formula is C14H13FN2O2. The Bertz CT molecular complexity index is 614. The summed E-state index contributed by atoms with van der Waals surface area (Å²) in [4.78, 5) is 19.9. The number of hydrogen-bond acceptors (Lipinski definition) is 4. The Morgan fingerprint density at radius 2 is 2.11 bits per heavy atom. The van der Waals surface area contributed by atoms with Crippen LogP contribution in [-0.2, 0) is 6.42 Å². The number of methoxy groups -OCH3 is 1. The lowest BCUT2D eigenvalue weighted by Gasteiger charge is -2.04. The van der Waals surface area contributed by atoms with Gasteiger partial charge in [-0.05, 0) is 18.6 Å². The number of ether oxygens (including phenoxy) is 1. The summed E-state index contributed by atoms with van der Waals surface area (Å²) in [5.74, 6) is -0.182. The molecule has 4 nitrogen and oxygen atoms in total. The summed E-state index contributed by atoms with van der Waals surface area (Å²) in [6.45, 7) is 1.65. The zero-order valence-corrected chi connectivity index (χ0v) is 10.7. The van der Waals surface area contributed by atoms with Crippen LogP contribution in [0.5, 0.6) is 5.88 Å². The molecular weight excluding hydrogens is 247 g/mol. The molecule has 5 heteroatoms. The quantitative estimate of drug-likeness (QED) is 0.792. The SMILES string of the molecule is COc1cc(CC(=O)c2ccc(C)c(F)c2)ncn1. The highest BCUT2D eigenvalue weighted by molar-refractivity contribution is 5.97. The van der Waals surface area contributed by atoms with Crippen molar-refractivity contribution in [3.63, 3.8) is 0 Å². The second kappa shape index (κ2) is 5.56. The topological polar surface area (TPSA) is 52.1 Å². The zero-order chi connectivity index (χ0) is 13.8. The summed E-state index contributed by atoms with van der Waals surface area (Å²) in [7, 11) is 1.49. The van der Waals surface area contributed by atoms with Gasteiger partial charge in [-0.15, -0.1) is 0 Å². The molecule has 1 heterocycles. The van der Waals surface area contributed by atoms with Crippen molar-refractivity contribution >= 4 is 5.78 Å². The smallest absolute Gasteiger partial charge is 0.216 e. The standard InChI is InChI=1S/C14H13FN2O2/c1-9-3-4-10(5-12(9)15)13(18)6-11-7-14(19-2)17-8-16-11/h3-5,7-8H,6H2,1-2H3. The third kappa shape index (κ3) is 3.13. The van der Waals surface area contributed by atoms with Crippen molar-refractivity contribution in [1.82, 2.24) is 9.97 Å². The van der Waals surface area contributed by atoms with Gasteiger partial charge in [0.1, 0.15) is 12.1 Å². The minimum Gasteiger partial charge on any atom is -0.481 e. The Morgan fingerprint density at radius 1 is 1.32 bits per heavy atom. The Balaban J connectivity index is 2.18. The molecule has 0 aliphatic heterocycles. The van der Waals surface area contributed by atoms with Crippen LogP contribution in [0.3, 0.4) is 0 Å². The zero-order valence-electron chi connectivity index (χ0n) is 10.7. The highest BCUT2D eigenvalue weighted by atomic mass is 19.1. The fraction of sp³-hybridized carbons (Fsp3) is 0.214. The number of aryl methyl sites for hydroxylation is 1. The van der Waals surface area contributed by atoms with Gasteiger partial charge < -0.3 is 4.74 Å². The fourth-order valence-corrected chi connectivity index (χ4v) is 1.62. The molecule has 0 amide bonds. The highest BCUT2D eigenvalue weighted by Crippen LogP contribution is 2.13. The lowest BCUT2D eigenvalue weighted by molar-refractivity contribution is 0.0991. The van der Waals surface area contributed by atoms with Crippen LogP contribution in [0.1, 0.15) is 21.6 Å². The molecule has 0 N–H and O–H groups in total. The molecule has 0 saturated heterocycles. The molecule has 0 aliphatic rings. The number of rotatable bonds is 4. The summed E-state index contributed by atoms with van der Waals surface area (Å²) < 4.78 is 18.4. The van der Waals surface area contributed by atoms with Crippen LogP contribution in [0.4, 0.5) is 4.39 Å². The van der Waals surface area contributed by atoms with E-state index in [0.717, 1.165) is 0 Å². The molecule has 2 aromatic rings. The normalized spacial score (nSPS) is 10.3. The summed E-state index contributed by atoms with van der Waals surface area (Å²) >= 11 is 0. The summed E-state index contributed by atoms with van der Waals surface area (Å²) in [5, 5.41) is 0. The third-order valence-electron chi connectivity index (χ3n) is 2.74. The van der Waals surface area contributed by atoms with Crippen LogP contribution in [-0.4, -0.2) is 22.9 Å². The van der Waals surface area contributed by atoms with Gasteiger partial charge in [0.15, 0.2) is 5.78 Å². The maximum absolute atomic E-state index is 13.4.